The summed E-state index contributed by atoms with van der Waals surface area (Å²) in [5, 5.41) is 12.5. The van der Waals surface area contributed by atoms with E-state index in [1.54, 1.807) is 0 Å². The molecular weight excluding hydrogens is 138 g/mol. The van der Waals surface area contributed by atoms with Crippen molar-refractivity contribution >= 4 is 0 Å². The van der Waals surface area contributed by atoms with Crippen LogP contribution in [-0.2, 0) is 0 Å². The minimum Gasteiger partial charge on any atom is -0.392 e. The summed E-state index contributed by atoms with van der Waals surface area (Å²) in [7, 11) is 0. The number of hydrogen-bond acceptors (Lipinski definition) is 2. The van der Waals surface area contributed by atoms with E-state index in [0.29, 0.717) is 5.54 Å². The average Bonchev–Trinajstić information content (AvgIpc) is 2.33. The van der Waals surface area contributed by atoms with E-state index in [0.717, 1.165) is 6.54 Å². The first-order valence-corrected chi connectivity index (χ1v) is 4.55. The van der Waals surface area contributed by atoms with E-state index >= 15 is 0 Å². The predicted octanol–water partition coefficient (Wildman–Crippen LogP) is 1.29. The Kier molecular flexibility index (Phi) is 2.90. The number of aliphatic hydroxyl groups excluding tert-OH is 1. The normalized spacial score (nSPS) is 25.4. The molecule has 0 saturated heterocycles. The first-order valence-electron chi connectivity index (χ1n) is 4.55. The summed E-state index contributed by atoms with van der Waals surface area (Å²) in [4.78, 5) is 0. The zero-order chi connectivity index (χ0) is 8.32. The molecule has 1 saturated carbocycles. The van der Waals surface area contributed by atoms with Gasteiger partial charge in [-0.3, -0.25) is 0 Å². The van der Waals surface area contributed by atoms with Gasteiger partial charge in [0.05, 0.1) is 6.10 Å². The van der Waals surface area contributed by atoms with Crippen LogP contribution in [0.3, 0.4) is 0 Å². The molecule has 2 nitrogen and oxygen atoms in total. The fourth-order valence-corrected chi connectivity index (χ4v) is 1.73. The predicted molar refractivity (Wildman–Crippen MR) is 46.6 cm³/mol. The highest BCUT2D eigenvalue weighted by atomic mass is 16.3. The van der Waals surface area contributed by atoms with Crippen LogP contribution in [0.15, 0.2) is 0 Å². The Morgan fingerprint density at radius 3 is 2.45 bits per heavy atom. The van der Waals surface area contributed by atoms with Gasteiger partial charge in [-0.05, 0) is 26.7 Å². The Labute approximate surface area is 69.0 Å². The molecule has 1 fully saturated rings. The van der Waals surface area contributed by atoms with E-state index in [1.807, 2.05) is 6.92 Å². The van der Waals surface area contributed by atoms with Gasteiger partial charge >= 0.3 is 0 Å². The molecule has 0 aliphatic heterocycles. The van der Waals surface area contributed by atoms with E-state index in [4.69, 9.17) is 5.11 Å². The molecule has 1 aliphatic carbocycles. The lowest BCUT2D eigenvalue weighted by Crippen LogP contribution is -2.42. The van der Waals surface area contributed by atoms with Crippen LogP contribution in [-0.4, -0.2) is 23.3 Å². The second kappa shape index (κ2) is 3.55. The fourth-order valence-electron chi connectivity index (χ4n) is 1.73. The highest BCUT2D eigenvalue weighted by Crippen LogP contribution is 2.28. The zero-order valence-corrected chi connectivity index (χ0v) is 7.56. The topological polar surface area (TPSA) is 32.3 Å². The molecule has 1 atom stereocenters. The number of rotatable bonds is 3. The van der Waals surface area contributed by atoms with E-state index in [9.17, 15) is 0 Å². The van der Waals surface area contributed by atoms with Gasteiger partial charge in [0.2, 0.25) is 0 Å². The Morgan fingerprint density at radius 2 is 2.00 bits per heavy atom. The van der Waals surface area contributed by atoms with E-state index in [1.165, 1.54) is 25.7 Å². The SMILES string of the molecule is C[C@@H](O)CNC1(C)CCCC1. The molecule has 0 unspecified atom stereocenters. The van der Waals surface area contributed by atoms with Crippen LogP contribution in [0.2, 0.25) is 0 Å². The summed E-state index contributed by atoms with van der Waals surface area (Å²) in [6.45, 7) is 4.81. The molecule has 1 rings (SSSR count). The van der Waals surface area contributed by atoms with Crippen molar-refractivity contribution < 1.29 is 5.11 Å². The molecule has 2 heteroatoms. The third-order valence-electron chi connectivity index (χ3n) is 2.53. The number of nitrogens with one attached hydrogen (secondary N) is 1. The van der Waals surface area contributed by atoms with Crippen LogP contribution in [0.4, 0.5) is 0 Å². The van der Waals surface area contributed by atoms with E-state index in [2.05, 4.69) is 12.2 Å². The lowest BCUT2D eigenvalue weighted by atomic mass is 10.0. The zero-order valence-electron chi connectivity index (χ0n) is 7.56. The summed E-state index contributed by atoms with van der Waals surface area (Å²) in [6.07, 6.45) is 4.99. The molecule has 0 spiro atoms. The number of hydrogen-bond donors (Lipinski definition) is 2. The van der Waals surface area contributed by atoms with Gasteiger partial charge in [-0.2, -0.15) is 0 Å². The molecule has 0 aromatic carbocycles. The number of aliphatic hydroxyl groups is 1. The van der Waals surface area contributed by atoms with Gasteiger partial charge in [0.15, 0.2) is 0 Å². The summed E-state index contributed by atoms with van der Waals surface area (Å²) in [6, 6.07) is 0. The second-order valence-corrected chi connectivity index (χ2v) is 4.00. The Balaban J connectivity index is 2.23. The van der Waals surface area contributed by atoms with Gasteiger partial charge in [0.1, 0.15) is 0 Å². The minimum absolute atomic E-state index is 0.215. The molecular formula is C9H19NO. The molecule has 0 amide bonds. The Hall–Kier alpha value is -0.0800. The molecule has 0 aromatic rings. The van der Waals surface area contributed by atoms with Crippen LogP contribution in [0.1, 0.15) is 39.5 Å². The van der Waals surface area contributed by atoms with Gasteiger partial charge in [0, 0.05) is 12.1 Å². The van der Waals surface area contributed by atoms with Crippen molar-refractivity contribution in [2.45, 2.75) is 51.2 Å². The maximum atomic E-state index is 9.06. The molecule has 0 heterocycles. The van der Waals surface area contributed by atoms with E-state index in [-0.39, 0.29) is 6.10 Å². The van der Waals surface area contributed by atoms with Crippen LogP contribution in [0.5, 0.6) is 0 Å². The fraction of sp³-hybridized carbons (Fsp3) is 1.00. The van der Waals surface area contributed by atoms with Crippen LogP contribution < -0.4 is 5.32 Å². The van der Waals surface area contributed by atoms with Crippen molar-refractivity contribution in [2.75, 3.05) is 6.54 Å². The van der Waals surface area contributed by atoms with Gasteiger partial charge in [-0.15, -0.1) is 0 Å². The minimum atomic E-state index is -0.215. The quantitative estimate of drug-likeness (QED) is 0.647. The molecule has 0 bridgehead atoms. The highest BCUT2D eigenvalue weighted by molar-refractivity contribution is 4.88. The molecule has 11 heavy (non-hydrogen) atoms. The maximum Gasteiger partial charge on any atom is 0.0636 e. The Morgan fingerprint density at radius 1 is 1.45 bits per heavy atom. The molecule has 2 N–H and O–H groups in total. The third-order valence-corrected chi connectivity index (χ3v) is 2.53. The van der Waals surface area contributed by atoms with E-state index < -0.39 is 0 Å². The molecule has 66 valence electrons. The molecule has 1 aliphatic rings. The standard InChI is InChI=1S/C9H19NO/c1-8(11)7-10-9(2)5-3-4-6-9/h8,10-11H,3-7H2,1-2H3/t8-/m1/s1. The van der Waals surface area contributed by atoms with Crippen molar-refractivity contribution in [2.24, 2.45) is 0 Å². The lowest BCUT2D eigenvalue weighted by Gasteiger charge is -2.26. The van der Waals surface area contributed by atoms with Gasteiger partial charge in [-0.1, -0.05) is 12.8 Å². The van der Waals surface area contributed by atoms with Crippen molar-refractivity contribution in [1.29, 1.82) is 0 Å². The smallest absolute Gasteiger partial charge is 0.0636 e. The van der Waals surface area contributed by atoms with Gasteiger partial charge < -0.3 is 10.4 Å². The average molecular weight is 157 g/mol. The van der Waals surface area contributed by atoms with Gasteiger partial charge in [-0.25, -0.2) is 0 Å². The van der Waals surface area contributed by atoms with Crippen molar-refractivity contribution in [3.63, 3.8) is 0 Å². The second-order valence-electron chi connectivity index (χ2n) is 4.00. The Bertz CT molecular complexity index is 117. The lowest BCUT2D eigenvalue weighted by molar-refractivity contribution is 0.174. The summed E-state index contributed by atoms with van der Waals surface area (Å²) in [5.74, 6) is 0. The summed E-state index contributed by atoms with van der Waals surface area (Å²) in [5.41, 5.74) is 0.316. The largest absolute Gasteiger partial charge is 0.392 e. The first kappa shape index (κ1) is 9.01. The molecule has 0 aromatic heterocycles. The highest BCUT2D eigenvalue weighted by Gasteiger charge is 2.27. The third kappa shape index (κ3) is 2.80. The van der Waals surface area contributed by atoms with Crippen LogP contribution >= 0.6 is 0 Å². The summed E-state index contributed by atoms with van der Waals surface area (Å²) < 4.78 is 0. The van der Waals surface area contributed by atoms with Crippen molar-refractivity contribution in [3.8, 4) is 0 Å². The van der Waals surface area contributed by atoms with Gasteiger partial charge in [0.25, 0.3) is 0 Å². The van der Waals surface area contributed by atoms with Crippen molar-refractivity contribution in [1.82, 2.24) is 5.32 Å². The maximum absolute atomic E-state index is 9.06. The van der Waals surface area contributed by atoms with Crippen LogP contribution in [0, 0.1) is 0 Å². The summed E-state index contributed by atoms with van der Waals surface area (Å²) >= 11 is 0. The van der Waals surface area contributed by atoms with Crippen molar-refractivity contribution in [3.05, 3.63) is 0 Å². The monoisotopic (exact) mass is 157 g/mol. The van der Waals surface area contributed by atoms with Crippen LogP contribution in [0.25, 0.3) is 0 Å². The number of β-amino-alcohol motifs (C(OH)–C–C–N with tert-alkyl or cyclic N) is 1. The first-order chi connectivity index (χ1) is 5.12. The molecule has 0 radical (unpaired) electrons.